The number of hydrogen-bond donors (Lipinski definition) is 2. The number of benzene rings is 2. The molecule has 2 aromatic heterocycles. The van der Waals surface area contributed by atoms with Crippen LogP contribution in [-0.2, 0) is 0 Å². The van der Waals surface area contributed by atoms with E-state index in [1.807, 2.05) is 36.4 Å². The summed E-state index contributed by atoms with van der Waals surface area (Å²) in [7, 11) is 0. The fourth-order valence-electron chi connectivity index (χ4n) is 2.51. The first-order valence-corrected chi connectivity index (χ1v) is 8.33. The molecule has 2 aromatic carbocycles. The van der Waals surface area contributed by atoms with E-state index in [-0.39, 0.29) is 5.75 Å². The zero-order valence-electron chi connectivity index (χ0n) is 13.0. The molecule has 0 atom stereocenters. The van der Waals surface area contributed by atoms with Gasteiger partial charge in [0.2, 0.25) is 0 Å². The molecule has 4 rings (SSSR count). The highest BCUT2D eigenvalue weighted by Gasteiger charge is 2.11. The fraction of sp³-hybridized carbons (Fsp3) is 0. The Kier molecular flexibility index (Phi) is 3.77. The van der Waals surface area contributed by atoms with Crippen molar-refractivity contribution in [3.63, 3.8) is 0 Å². The van der Waals surface area contributed by atoms with Crippen LogP contribution in [0.4, 0.5) is 17.2 Å². The number of phenolic OH excluding ortho intramolecular Hbond substituents is 1. The minimum absolute atomic E-state index is 0.196. The van der Waals surface area contributed by atoms with Crippen molar-refractivity contribution in [2.75, 3.05) is 5.32 Å². The highest BCUT2D eigenvalue weighted by molar-refractivity contribution is 7.22. The van der Waals surface area contributed by atoms with Crippen LogP contribution in [0, 0.1) is 6.57 Å². The Morgan fingerprint density at radius 3 is 2.64 bits per heavy atom. The maximum Gasteiger partial charge on any atom is 0.187 e. The Balaban J connectivity index is 1.74. The topological polar surface area (TPSA) is 62.4 Å². The van der Waals surface area contributed by atoms with Gasteiger partial charge in [-0.15, -0.1) is 11.3 Å². The number of fused-ring (bicyclic) bond motifs is 1. The van der Waals surface area contributed by atoms with Gasteiger partial charge in [0.05, 0.1) is 16.8 Å². The third kappa shape index (κ3) is 3.01. The summed E-state index contributed by atoms with van der Waals surface area (Å²) in [6.07, 6.45) is 1.52. The molecular weight excluding hydrogens is 332 g/mol. The number of phenols is 1. The van der Waals surface area contributed by atoms with Gasteiger partial charge in [0, 0.05) is 16.6 Å². The summed E-state index contributed by atoms with van der Waals surface area (Å²) in [4.78, 5) is 13.2. The van der Waals surface area contributed by atoms with Crippen LogP contribution >= 0.6 is 11.3 Å². The number of nitrogens with one attached hydrogen (secondary N) is 1. The Bertz CT molecular complexity index is 1100. The summed E-state index contributed by atoms with van der Waals surface area (Å²) in [6.45, 7) is 7.04. The number of anilines is 2. The number of aromatic hydroxyl groups is 1. The van der Waals surface area contributed by atoms with Crippen LogP contribution in [0.3, 0.4) is 0 Å². The summed E-state index contributed by atoms with van der Waals surface area (Å²) in [5.74, 6) is 0.895. The summed E-state index contributed by atoms with van der Waals surface area (Å²) in [6, 6.07) is 16.4. The molecule has 0 aliphatic rings. The van der Waals surface area contributed by atoms with Crippen molar-refractivity contribution in [1.29, 1.82) is 0 Å². The second-order valence-electron chi connectivity index (χ2n) is 5.38. The molecular formula is C19H12N4OS. The molecule has 0 unspecified atom stereocenters. The molecule has 2 N–H and O–H groups in total. The van der Waals surface area contributed by atoms with Gasteiger partial charge in [-0.05, 0) is 23.8 Å². The van der Waals surface area contributed by atoms with Gasteiger partial charge in [-0.3, -0.25) is 0 Å². The number of nitrogens with zero attached hydrogens (tertiary/aromatic N) is 3. The maximum absolute atomic E-state index is 9.61. The molecule has 4 aromatic rings. The van der Waals surface area contributed by atoms with Gasteiger partial charge in [0.25, 0.3) is 0 Å². The maximum atomic E-state index is 9.61. The van der Waals surface area contributed by atoms with Crippen molar-refractivity contribution < 1.29 is 5.11 Å². The van der Waals surface area contributed by atoms with E-state index >= 15 is 0 Å². The number of aromatic nitrogens is 2. The molecule has 0 spiro atoms. The van der Waals surface area contributed by atoms with Crippen molar-refractivity contribution in [2.45, 2.75) is 0 Å². The van der Waals surface area contributed by atoms with Gasteiger partial charge in [-0.25, -0.2) is 14.8 Å². The molecule has 0 saturated carbocycles. The van der Waals surface area contributed by atoms with Crippen molar-refractivity contribution in [3.8, 4) is 16.2 Å². The first kappa shape index (κ1) is 15.1. The summed E-state index contributed by atoms with van der Waals surface area (Å²) in [5, 5.41) is 12.8. The zero-order chi connectivity index (χ0) is 17.2. The van der Waals surface area contributed by atoms with Crippen molar-refractivity contribution >= 4 is 38.7 Å². The lowest BCUT2D eigenvalue weighted by molar-refractivity contribution is 0.475. The minimum Gasteiger partial charge on any atom is -0.508 e. The highest BCUT2D eigenvalue weighted by atomic mass is 32.1. The molecule has 0 aliphatic heterocycles. The van der Waals surface area contributed by atoms with E-state index in [1.54, 1.807) is 29.5 Å². The lowest BCUT2D eigenvalue weighted by Gasteiger charge is -2.06. The van der Waals surface area contributed by atoms with Crippen molar-refractivity contribution in [3.05, 3.63) is 72.3 Å². The van der Waals surface area contributed by atoms with Gasteiger partial charge in [0.1, 0.15) is 12.1 Å². The molecule has 0 fully saturated rings. The van der Waals surface area contributed by atoms with E-state index in [1.165, 1.54) is 6.33 Å². The van der Waals surface area contributed by atoms with Gasteiger partial charge >= 0.3 is 0 Å². The quantitative estimate of drug-likeness (QED) is 0.491. The van der Waals surface area contributed by atoms with Gasteiger partial charge < -0.3 is 10.4 Å². The third-order valence-corrected chi connectivity index (χ3v) is 4.88. The highest BCUT2D eigenvalue weighted by Crippen LogP contribution is 2.37. The van der Waals surface area contributed by atoms with Gasteiger partial charge in [-0.2, -0.15) is 0 Å². The molecule has 0 bridgehead atoms. The Hall–Kier alpha value is -3.43. The average Bonchev–Trinajstić information content (AvgIpc) is 3.07. The summed E-state index contributed by atoms with van der Waals surface area (Å²) in [5.41, 5.74) is 3.28. The van der Waals surface area contributed by atoms with Crippen LogP contribution in [0.1, 0.15) is 0 Å². The number of hydrogen-bond acceptors (Lipinski definition) is 5. The van der Waals surface area contributed by atoms with Crippen molar-refractivity contribution in [2.24, 2.45) is 0 Å². The molecule has 5 nitrogen and oxygen atoms in total. The first-order chi connectivity index (χ1) is 12.2. The summed E-state index contributed by atoms with van der Waals surface area (Å²) >= 11 is 1.59. The third-order valence-electron chi connectivity index (χ3n) is 3.70. The zero-order valence-corrected chi connectivity index (χ0v) is 13.8. The van der Waals surface area contributed by atoms with Crippen molar-refractivity contribution in [1.82, 2.24) is 9.97 Å². The van der Waals surface area contributed by atoms with Crippen LogP contribution in [0.2, 0.25) is 0 Å². The molecule has 6 heteroatoms. The molecule has 0 radical (unpaired) electrons. The standard InChI is InChI=1S/C19H12N4OS/c1-20-13-7-5-12(6-8-13)17-10-16-18(25-17)19(22-11-21-16)23-14-3-2-4-15(24)9-14/h2-11,24H,(H,21,22,23). The van der Waals surface area contributed by atoms with Crippen LogP contribution in [0.5, 0.6) is 5.75 Å². The SMILES string of the molecule is [C-]#[N+]c1ccc(-c2cc3ncnc(Nc4cccc(O)c4)c3s2)cc1. The van der Waals surface area contributed by atoms with Crippen LogP contribution in [-0.4, -0.2) is 15.1 Å². The predicted molar refractivity (Wildman–Crippen MR) is 101 cm³/mol. The first-order valence-electron chi connectivity index (χ1n) is 7.51. The van der Waals surface area contributed by atoms with E-state index in [0.29, 0.717) is 11.5 Å². The number of thiophene rings is 1. The average molecular weight is 344 g/mol. The Morgan fingerprint density at radius 2 is 1.88 bits per heavy atom. The predicted octanol–water partition coefficient (Wildman–Crippen LogP) is 5.36. The number of rotatable bonds is 3. The lowest BCUT2D eigenvalue weighted by Crippen LogP contribution is -1.93. The molecule has 2 heterocycles. The summed E-state index contributed by atoms with van der Waals surface area (Å²) < 4.78 is 0.940. The molecule has 120 valence electrons. The molecule has 0 saturated heterocycles. The van der Waals surface area contributed by atoms with Gasteiger partial charge in [-0.1, -0.05) is 30.3 Å². The Morgan fingerprint density at radius 1 is 1.04 bits per heavy atom. The van der Waals surface area contributed by atoms with E-state index in [9.17, 15) is 5.11 Å². The van der Waals surface area contributed by atoms with Crippen LogP contribution in [0.15, 0.2) is 60.9 Å². The monoisotopic (exact) mass is 344 g/mol. The smallest absolute Gasteiger partial charge is 0.187 e. The fourth-order valence-corrected chi connectivity index (χ4v) is 3.57. The normalized spacial score (nSPS) is 10.5. The van der Waals surface area contributed by atoms with E-state index in [4.69, 9.17) is 6.57 Å². The lowest BCUT2D eigenvalue weighted by atomic mass is 10.2. The minimum atomic E-state index is 0.196. The second-order valence-corrected chi connectivity index (χ2v) is 6.43. The molecule has 0 amide bonds. The second kappa shape index (κ2) is 6.23. The van der Waals surface area contributed by atoms with E-state index in [2.05, 4.69) is 20.1 Å². The van der Waals surface area contributed by atoms with Crippen LogP contribution < -0.4 is 5.32 Å². The van der Waals surface area contributed by atoms with Crippen LogP contribution in [0.25, 0.3) is 25.5 Å². The Labute approximate surface area is 148 Å². The van der Waals surface area contributed by atoms with Gasteiger partial charge in [0.15, 0.2) is 11.5 Å². The van der Waals surface area contributed by atoms with E-state index in [0.717, 1.165) is 26.3 Å². The molecule has 25 heavy (non-hydrogen) atoms. The van der Waals surface area contributed by atoms with E-state index < -0.39 is 0 Å². The largest absolute Gasteiger partial charge is 0.508 e. The molecule has 0 aliphatic carbocycles.